The Balaban J connectivity index is 1.50. The fourth-order valence-electron chi connectivity index (χ4n) is 4.00. The van der Waals surface area contributed by atoms with Gasteiger partial charge < -0.3 is 15.0 Å². The van der Waals surface area contributed by atoms with Crippen LogP contribution in [0.1, 0.15) is 18.4 Å². The van der Waals surface area contributed by atoms with Crippen LogP contribution in [0, 0.1) is 0 Å². The van der Waals surface area contributed by atoms with Gasteiger partial charge >= 0.3 is 0 Å². The molecule has 0 saturated carbocycles. The van der Waals surface area contributed by atoms with E-state index in [2.05, 4.69) is 55.2 Å². The lowest BCUT2D eigenvalue weighted by molar-refractivity contribution is -0.124. The van der Waals surface area contributed by atoms with E-state index in [1.54, 1.807) is 3.11 Å². The molecule has 9 heteroatoms. The summed E-state index contributed by atoms with van der Waals surface area (Å²) >= 11 is 2.08. The Morgan fingerprint density at radius 3 is 2.66 bits per heavy atom. The number of hydrogen-bond donors (Lipinski definition) is 1. The topological polar surface area (TPSA) is 83.0 Å². The van der Waals surface area contributed by atoms with E-state index >= 15 is 0 Å². The molecule has 1 aliphatic carbocycles. The largest absolute Gasteiger partial charge is 0.378 e. The van der Waals surface area contributed by atoms with Crippen molar-refractivity contribution < 1.29 is 9.53 Å². The van der Waals surface area contributed by atoms with Gasteiger partial charge in [0.05, 0.1) is 47.5 Å². The summed E-state index contributed by atoms with van der Waals surface area (Å²) in [5.41, 5.74) is 3.68. The van der Waals surface area contributed by atoms with E-state index in [-0.39, 0.29) is 5.91 Å². The molecule has 1 amide bonds. The van der Waals surface area contributed by atoms with E-state index in [4.69, 9.17) is 9.73 Å². The third kappa shape index (κ3) is 4.26. The van der Waals surface area contributed by atoms with Crippen molar-refractivity contribution in [2.24, 2.45) is 4.99 Å². The number of morpholine rings is 1. The summed E-state index contributed by atoms with van der Waals surface area (Å²) in [6.07, 6.45) is 6.83. The van der Waals surface area contributed by atoms with Gasteiger partial charge in [-0.3, -0.25) is 4.79 Å². The van der Waals surface area contributed by atoms with Gasteiger partial charge in [-0.05, 0) is 12.8 Å². The Bertz CT molecular complexity index is 1090. The van der Waals surface area contributed by atoms with E-state index in [1.165, 1.54) is 6.33 Å². The molecule has 2 aromatic rings. The van der Waals surface area contributed by atoms with Crippen LogP contribution in [0.4, 0.5) is 11.6 Å². The SMILES string of the molecule is O=C1C(Nc2cc(N3CCOCC3)ncn2)N=C(c2ccccc2)C2=CCCC=C2N1I. The molecule has 0 radical (unpaired) electrons. The van der Waals surface area contributed by atoms with Crippen molar-refractivity contribution in [1.82, 2.24) is 13.1 Å². The van der Waals surface area contributed by atoms with Crippen molar-refractivity contribution >= 4 is 46.1 Å². The Kier molecular flexibility index (Phi) is 6.17. The summed E-state index contributed by atoms with van der Waals surface area (Å²) in [6, 6.07) is 11.9. The summed E-state index contributed by atoms with van der Waals surface area (Å²) in [6.45, 7) is 2.90. The lowest BCUT2D eigenvalue weighted by Gasteiger charge is -2.28. The molecule has 1 fully saturated rings. The molecule has 0 bridgehead atoms. The molecular weight excluding hydrogens is 519 g/mol. The minimum atomic E-state index is -0.804. The molecule has 1 N–H and O–H groups in total. The van der Waals surface area contributed by atoms with Gasteiger partial charge in [-0.2, -0.15) is 0 Å². The highest BCUT2D eigenvalue weighted by Crippen LogP contribution is 2.32. The summed E-state index contributed by atoms with van der Waals surface area (Å²) in [4.78, 5) is 29.2. The molecule has 8 nitrogen and oxygen atoms in total. The number of carbonyl (C=O) groups excluding carboxylic acids is 1. The maximum atomic E-state index is 13.4. The van der Waals surface area contributed by atoms with Crippen LogP contribution >= 0.6 is 22.9 Å². The molecule has 2 aliphatic heterocycles. The molecule has 1 unspecified atom stereocenters. The van der Waals surface area contributed by atoms with Gasteiger partial charge in [0.25, 0.3) is 5.91 Å². The standard InChI is InChI=1S/C23H23IN6O2/c24-30-18-9-5-4-8-17(18)21(16-6-2-1-3-7-16)28-22(23(30)31)27-19-14-20(26-15-25-19)29-10-12-32-13-11-29/h1-3,6-9,14-15,22H,4-5,10-13H2,(H,25,26,27). The van der Waals surface area contributed by atoms with Crippen LogP contribution < -0.4 is 10.2 Å². The predicted molar refractivity (Wildman–Crippen MR) is 132 cm³/mol. The van der Waals surface area contributed by atoms with Gasteiger partial charge in [-0.15, -0.1) is 0 Å². The second-order valence-electron chi connectivity index (χ2n) is 7.66. The molecule has 1 aromatic carbocycles. The summed E-state index contributed by atoms with van der Waals surface area (Å²) in [7, 11) is 0. The second-order valence-corrected chi connectivity index (χ2v) is 8.62. The second kappa shape index (κ2) is 9.37. The van der Waals surface area contributed by atoms with Crippen molar-refractivity contribution in [2.45, 2.75) is 19.0 Å². The Hall–Kier alpha value is -2.79. The fourth-order valence-corrected chi connectivity index (χ4v) is 4.72. The average molecular weight is 542 g/mol. The number of anilines is 2. The summed E-state index contributed by atoms with van der Waals surface area (Å²) < 4.78 is 7.10. The lowest BCUT2D eigenvalue weighted by Crippen LogP contribution is -2.37. The first-order chi connectivity index (χ1) is 15.7. The lowest BCUT2D eigenvalue weighted by atomic mass is 9.95. The maximum absolute atomic E-state index is 13.4. The highest BCUT2D eigenvalue weighted by molar-refractivity contribution is 14.1. The number of ether oxygens (including phenoxy) is 1. The van der Waals surface area contributed by atoms with Crippen molar-refractivity contribution in [3.05, 3.63) is 71.7 Å². The molecule has 0 spiro atoms. The number of rotatable bonds is 4. The van der Waals surface area contributed by atoms with E-state index < -0.39 is 6.17 Å². The van der Waals surface area contributed by atoms with Crippen LogP contribution in [-0.2, 0) is 9.53 Å². The summed E-state index contributed by atoms with van der Waals surface area (Å²) in [5, 5.41) is 3.24. The van der Waals surface area contributed by atoms with Crippen LogP contribution in [0.3, 0.4) is 0 Å². The quantitative estimate of drug-likeness (QED) is 0.472. The molecular formula is C23H23IN6O2. The number of benzene rings is 1. The Morgan fingerprint density at radius 2 is 1.84 bits per heavy atom. The van der Waals surface area contributed by atoms with Crippen LogP contribution in [0.5, 0.6) is 0 Å². The zero-order chi connectivity index (χ0) is 21.9. The molecule has 1 aromatic heterocycles. The van der Waals surface area contributed by atoms with E-state index in [0.717, 1.165) is 54.3 Å². The molecule has 1 saturated heterocycles. The monoisotopic (exact) mass is 542 g/mol. The predicted octanol–water partition coefficient (Wildman–Crippen LogP) is 3.34. The first kappa shape index (κ1) is 21.1. The van der Waals surface area contributed by atoms with Gasteiger partial charge in [0.1, 0.15) is 18.0 Å². The molecule has 32 heavy (non-hydrogen) atoms. The van der Waals surface area contributed by atoms with Gasteiger partial charge in [-0.1, -0.05) is 42.5 Å². The zero-order valence-electron chi connectivity index (χ0n) is 17.4. The third-order valence-corrected chi connectivity index (χ3v) is 6.60. The van der Waals surface area contributed by atoms with Crippen molar-refractivity contribution in [2.75, 3.05) is 36.5 Å². The smallest absolute Gasteiger partial charge is 0.281 e. The van der Waals surface area contributed by atoms with Gasteiger partial charge in [-0.25, -0.2) is 18.1 Å². The maximum Gasteiger partial charge on any atom is 0.281 e. The number of nitrogens with zero attached hydrogens (tertiary/aromatic N) is 5. The van der Waals surface area contributed by atoms with Crippen LogP contribution in [0.2, 0.25) is 0 Å². The molecule has 1 atom stereocenters. The van der Waals surface area contributed by atoms with E-state index in [1.807, 2.05) is 36.4 Å². The number of nitrogens with one attached hydrogen (secondary N) is 1. The van der Waals surface area contributed by atoms with Crippen LogP contribution in [0.25, 0.3) is 0 Å². The van der Waals surface area contributed by atoms with Crippen molar-refractivity contribution in [3.63, 3.8) is 0 Å². The fraction of sp³-hybridized carbons (Fsp3) is 0.304. The number of amides is 1. The van der Waals surface area contributed by atoms with Crippen LogP contribution in [0.15, 0.2) is 71.1 Å². The highest BCUT2D eigenvalue weighted by atomic mass is 127. The summed E-state index contributed by atoms with van der Waals surface area (Å²) in [5.74, 6) is 1.24. The average Bonchev–Trinajstić information content (AvgIpc) is 2.96. The molecule has 3 aliphatic rings. The number of allylic oxidation sites excluding steroid dienone is 3. The number of aliphatic imine (C=N–C) groups is 1. The highest BCUT2D eigenvalue weighted by Gasteiger charge is 2.34. The number of hydrogen-bond acceptors (Lipinski definition) is 7. The molecule has 3 heterocycles. The number of halogens is 1. The number of carbonyl (C=O) groups is 1. The van der Waals surface area contributed by atoms with Crippen molar-refractivity contribution in [1.29, 1.82) is 0 Å². The zero-order valence-corrected chi connectivity index (χ0v) is 19.6. The first-order valence-electron chi connectivity index (χ1n) is 10.7. The number of aromatic nitrogens is 2. The minimum absolute atomic E-state index is 0.137. The first-order valence-corrected chi connectivity index (χ1v) is 11.6. The minimum Gasteiger partial charge on any atom is -0.378 e. The van der Waals surface area contributed by atoms with Gasteiger partial charge in [0, 0.05) is 30.3 Å². The van der Waals surface area contributed by atoms with Gasteiger partial charge in [0.15, 0.2) is 0 Å². The Labute approximate surface area is 200 Å². The van der Waals surface area contributed by atoms with Crippen LogP contribution in [-0.4, -0.2) is 57.2 Å². The van der Waals surface area contributed by atoms with E-state index in [0.29, 0.717) is 19.0 Å². The number of fused-ring (bicyclic) bond motifs is 1. The molecule has 164 valence electrons. The third-order valence-electron chi connectivity index (χ3n) is 5.60. The normalized spacial score (nSPS) is 21.2. The molecule has 5 rings (SSSR count). The Morgan fingerprint density at radius 1 is 1.06 bits per heavy atom. The van der Waals surface area contributed by atoms with Gasteiger partial charge in [0.2, 0.25) is 6.17 Å². The van der Waals surface area contributed by atoms with E-state index in [9.17, 15) is 4.79 Å². The van der Waals surface area contributed by atoms with Crippen molar-refractivity contribution in [3.8, 4) is 0 Å².